The lowest BCUT2D eigenvalue weighted by Gasteiger charge is -2.30. The summed E-state index contributed by atoms with van der Waals surface area (Å²) in [7, 11) is 0. The topological polar surface area (TPSA) is 122 Å². The Kier molecular flexibility index (Phi) is 7.97. The monoisotopic (exact) mass is 502 g/mol. The smallest absolute Gasteiger partial charge is 0.251 e. The lowest BCUT2D eigenvalue weighted by Crippen LogP contribution is -2.45. The summed E-state index contributed by atoms with van der Waals surface area (Å²) in [6, 6.07) is 16.3. The van der Waals surface area contributed by atoms with Gasteiger partial charge in [-0.2, -0.15) is 0 Å². The highest BCUT2D eigenvalue weighted by molar-refractivity contribution is 6.01. The maximum Gasteiger partial charge on any atom is 0.251 e. The van der Waals surface area contributed by atoms with Crippen molar-refractivity contribution in [2.45, 2.75) is 39.8 Å². The third-order valence-corrected chi connectivity index (χ3v) is 5.78. The van der Waals surface area contributed by atoms with Gasteiger partial charge >= 0.3 is 0 Å². The standard InChI is InChI=1S/C27H30N6O4/c1-18(2)14-15-28-27(36)26(24-9-6-16-37-24)33(21-12-10-20(11-13-21)29-19(3)34)25(35)17-32-23-8-5-4-7-22(23)30-31-32/h4-13,16,18,26H,14-15,17H2,1-3H3,(H,28,36)(H,29,34). The highest BCUT2D eigenvalue weighted by atomic mass is 16.3. The van der Waals surface area contributed by atoms with Gasteiger partial charge in [0.25, 0.3) is 5.91 Å². The summed E-state index contributed by atoms with van der Waals surface area (Å²) < 4.78 is 7.14. The molecule has 0 saturated heterocycles. The number of benzene rings is 2. The molecule has 2 aromatic heterocycles. The fourth-order valence-electron chi connectivity index (χ4n) is 3.99. The van der Waals surface area contributed by atoms with E-state index < -0.39 is 6.04 Å². The van der Waals surface area contributed by atoms with Gasteiger partial charge in [-0.05, 0) is 60.9 Å². The van der Waals surface area contributed by atoms with Crippen molar-refractivity contribution in [3.8, 4) is 0 Å². The number of aromatic nitrogens is 3. The molecule has 37 heavy (non-hydrogen) atoms. The second-order valence-corrected chi connectivity index (χ2v) is 9.12. The molecule has 4 rings (SSSR count). The number of carbonyl (C=O) groups excluding carboxylic acids is 3. The van der Waals surface area contributed by atoms with Gasteiger partial charge in [0.1, 0.15) is 17.8 Å². The summed E-state index contributed by atoms with van der Waals surface area (Å²) in [6.45, 7) is 5.88. The predicted octanol–water partition coefficient (Wildman–Crippen LogP) is 3.92. The second kappa shape index (κ2) is 11.5. The van der Waals surface area contributed by atoms with Crippen molar-refractivity contribution >= 4 is 40.1 Å². The average molecular weight is 503 g/mol. The van der Waals surface area contributed by atoms with Crippen molar-refractivity contribution in [3.63, 3.8) is 0 Å². The Hall–Kier alpha value is -4.47. The number of hydrogen-bond donors (Lipinski definition) is 2. The molecule has 2 heterocycles. The van der Waals surface area contributed by atoms with Gasteiger partial charge in [0.05, 0.1) is 11.8 Å². The first-order valence-corrected chi connectivity index (χ1v) is 12.1. The Morgan fingerprint density at radius 3 is 2.46 bits per heavy atom. The highest BCUT2D eigenvalue weighted by Crippen LogP contribution is 2.30. The number of rotatable bonds is 10. The van der Waals surface area contributed by atoms with Gasteiger partial charge in [0, 0.05) is 24.8 Å². The van der Waals surface area contributed by atoms with Crippen LogP contribution in [0.5, 0.6) is 0 Å². The molecule has 0 fully saturated rings. The number of anilines is 2. The molecule has 2 aromatic carbocycles. The molecule has 10 nitrogen and oxygen atoms in total. The third kappa shape index (κ3) is 6.21. The molecular formula is C27H30N6O4. The van der Waals surface area contributed by atoms with E-state index in [1.807, 2.05) is 24.3 Å². The minimum Gasteiger partial charge on any atom is -0.467 e. The summed E-state index contributed by atoms with van der Waals surface area (Å²) in [5.74, 6) is -0.231. The molecule has 4 aromatic rings. The lowest BCUT2D eigenvalue weighted by atomic mass is 10.1. The van der Waals surface area contributed by atoms with Crippen LogP contribution < -0.4 is 15.5 Å². The summed E-state index contributed by atoms with van der Waals surface area (Å²) in [4.78, 5) is 40.3. The van der Waals surface area contributed by atoms with E-state index in [2.05, 4.69) is 34.8 Å². The molecule has 0 aliphatic rings. The van der Waals surface area contributed by atoms with Crippen LogP contribution in [0.1, 0.15) is 39.0 Å². The zero-order chi connectivity index (χ0) is 26.4. The number of hydrogen-bond acceptors (Lipinski definition) is 6. The number of carbonyl (C=O) groups is 3. The molecule has 0 radical (unpaired) electrons. The predicted molar refractivity (Wildman–Crippen MR) is 140 cm³/mol. The van der Waals surface area contributed by atoms with Crippen molar-refractivity contribution in [3.05, 3.63) is 72.7 Å². The Labute approximate surface area is 214 Å². The normalized spacial score (nSPS) is 11.9. The van der Waals surface area contributed by atoms with Crippen LogP contribution in [0.25, 0.3) is 11.0 Å². The molecule has 0 aliphatic heterocycles. The van der Waals surface area contributed by atoms with Crippen molar-refractivity contribution < 1.29 is 18.8 Å². The summed E-state index contributed by atoms with van der Waals surface area (Å²) in [5.41, 5.74) is 2.40. The second-order valence-electron chi connectivity index (χ2n) is 9.12. The van der Waals surface area contributed by atoms with Crippen molar-refractivity contribution in [1.29, 1.82) is 0 Å². The average Bonchev–Trinajstić information content (AvgIpc) is 3.53. The SMILES string of the molecule is CC(=O)Nc1ccc(N(C(=O)Cn2nnc3ccccc32)C(C(=O)NCCC(C)C)c2ccco2)cc1. The molecule has 0 spiro atoms. The van der Waals surface area contributed by atoms with Gasteiger partial charge in [-0.25, -0.2) is 4.68 Å². The van der Waals surface area contributed by atoms with Gasteiger partial charge in [-0.15, -0.1) is 5.10 Å². The molecule has 192 valence electrons. The quantitative estimate of drug-likeness (QED) is 0.339. The Morgan fingerprint density at radius 2 is 1.78 bits per heavy atom. The number of nitrogens with zero attached hydrogens (tertiary/aromatic N) is 4. The number of para-hydroxylation sites is 1. The van der Waals surface area contributed by atoms with Gasteiger partial charge < -0.3 is 15.1 Å². The van der Waals surface area contributed by atoms with Gasteiger partial charge in [-0.3, -0.25) is 19.3 Å². The summed E-state index contributed by atoms with van der Waals surface area (Å²) in [5, 5.41) is 13.9. The molecule has 0 bridgehead atoms. The maximum atomic E-state index is 13.9. The van der Waals surface area contributed by atoms with Crippen molar-refractivity contribution in [1.82, 2.24) is 20.3 Å². The first kappa shape index (κ1) is 25.6. The van der Waals surface area contributed by atoms with Crippen LogP contribution in [0.2, 0.25) is 0 Å². The Bertz CT molecular complexity index is 1360. The molecule has 0 aliphatic carbocycles. The fraction of sp³-hybridized carbons (Fsp3) is 0.296. The fourth-order valence-corrected chi connectivity index (χ4v) is 3.99. The van der Waals surface area contributed by atoms with Crippen LogP contribution in [0.15, 0.2) is 71.3 Å². The van der Waals surface area contributed by atoms with Gasteiger partial charge in [0.15, 0.2) is 6.04 Å². The van der Waals surface area contributed by atoms with Crippen LogP contribution in [-0.2, 0) is 20.9 Å². The van der Waals surface area contributed by atoms with E-state index in [4.69, 9.17) is 4.42 Å². The third-order valence-electron chi connectivity index (χ3n) is 5.78. The van der Waals surface area contributed by atoms with Gasteiger partial charge in [0.2, 0.25) is 11.8 Å². The first-order chi connectivity index (χ1) is 17.8. The Balaban J connectivity index is 1.72. The number of amides is 3. The molecule has 10 heteroatoms. The van der Waals surface area contributed by atoms with Crippen LogP contribution in [-0.4, -0.2) is 39.3 Å². The van der Waals surface area contributed by atoms with Crippen molar-refractivity contribution in [2.75, 3.05) is 16.8 Å². The number of nitrogens with one attached hydrogen (secondary N) is 2. The molecule has 1 unspecified atom stereocenters. The van der Waals surface area contributed by atoms with Crippen LogP contribution >= 0.6 is 0 Å². The van der Waals surface area contributed by atoms with E-state index in [1.165, 1.54) is 22.8 Å². The molecule has 1 atom stereocenters. The largest absolute Gasteiger partial charge is 0.467 e. The number of fused-ring (bicyclic) bond motifs is 1. The molecular weight excluding hydrogens is 472 g/mol. The minimum atomic E-state index is -1.06. The zero-order valence-electron chi connectivity index (χ0n) is 21.0. The first-order valence-electron chi connectivity index (χ1n) is 12.1. The van der Waals surface area contributed by atoms with E-state index in [9.17, 15) is 14.4 Å². The number of furan rings is 1. The maximum absolute atomic E-state index is 13.9. The highest BCUT2D eigenvalue weighted by Gasteiger charge is 2.35. The summed E-state index contributed by atoms with van der Waals surface area (Å²) in [6.07, 6.45) is 2.26. The lowest BCUT2D eigenvalue weighted by molar-refractivity contribution is -0.127. The zero-order valence-corrected chi connectivity index (χ0v) is 21.0. The van der Waals surface area contributed by atoms with Crippen LogP contribution in [0.4, 0.5) is 11.4 Å². The van der Waals surface area contributed by atoms with Crippen LogP contribution in [0, 0.1) is 5.92 Å². The Morgan fingerprint density at radius 1 is 1.03 bits per heavy atom. The molecule has 2 N–H and O–H groups in total. The van der Waals surface area contributed by atoms with Crippen LogP contribution in [0.3, 0.4) is 0 Å². The van der Waals surface area contributed by atoms with Gasteiger partial charge in [-0.1, -0.05) is 31.2 Å². The molecule has 0 saturated carbocycles. The van der Waals surface area contributed by atoms with E-state index in [-0.39, 0.29) is 24.3 Å². The summed E-state index contributed by atoms with van der Waals surface area (Å²) >= 11 is 0. The van der Waals surface area contributed by atoms with E-state index in [1.54, 1.807) is 36.4 Å². The minimum absolute atomic E-state index is 0.148. The van der Waals surface area contributed by atoms with E-state index in [0.29, 0.717) is 40.6 Å². The van der Waals surface area contributed by atoms with Crippen molar-refractivity contribution in [2.24, 2.45) is 5.92 Å². The molecule has 3 amide bonds. The van der Waals surface area contributed by atoms with E-state index >= 15 is 0 Å². The van der Waals surface area contributed by atoms with E-state index in [0.717, 1.165) is 6.42 Å².